The fourth-order valence-electron chi connectivity index (χ4n) is 0.750. The predicted octanol–water partition coefficient (Wildman–Crippen LogP) is 2.95. The van der Waals surface area contributed by atoms with Crippen LogP contribution in [0.1, 0.15) is 20.8 Å². The molecule has 0 unspecified atom stereocenters. The first-order valence-electron chi connectivity index (χ1n) is 3.30. The van der Waals surface area contributed by atoms with Crippen LogP contribution in [0.4, 0.5) is 0 Å². The molecule has 0 aromatic rings. The normalized spacial score (nSPS) is 8.78. The van der Waals surface area contributed by atoms with Crippen molar-refractivity contribution in [3.8, 4) is 0 Å². The Labute approximate surface area is 72.1 Å². The van der Waals surface area contributed by atoms with Crippen LogP contribution in [-0.4, -0.2) is 18.5 Å². The molecule has 0 saturated heterocycles. The zero-order valence-electron chi connectivity index (χ0n) is 6.32. The van der Waals surface area contributed by atoms with Gasteiger partial charge in [-0.2, -0.15) is 0 Å². The van der Waals surface area contributed by atoms with Crippen molar-refractivity contribution in [2.24, 2.45) is 0 Å². The Balaban J connectivity index is 0. The van der Waals surface area contributed by atoms with E-state index in [1.165, 1.54) is 18.5 Å². The van der Waals surface area contributed by atoms with Crippen LogP contribution in [0.2, 0.25) is 0 Å². The second kappa shape index (κ2) is 11.9. The van der Waals surface area contributed by atoms with Crippen molar-refractivity contribution in [1.29, 1.82) is 0 Å². The SMILES string of the molecule is CC[PH+](CC)CC.[Cl][Ni]. The van der Waals surface area contributed by atoms with Crippen molar-refractivity contribution in [2.75, 3.05) is 18.5 Å². The van der Waals surface area contributed by atoms with E-state index in [4.69, 9.17) is 0 Å². The van der Waals surface area contributed by atoms with Crippen LogP contribution in [-0.2, 0) is 14.6 Å². The first-order valence-corrected chi connectivity index (χ1v) is 6.78. The third-order valence-corrected chi connectivity index (χ3v) is 4.50. The van der Waals surface area contributed by atoms with Gasteiger partial charge in [0.1, 0.15) is 0 Å². The summed E-state index contributed by atoms with van der Waals surface area (Å²) in [7, 11) is 4.40. The molecule has 0 N–H and O–H groups in total. The summed E-state index contributed by atoms with van der Waals surface area (Å²) >= 11 is 3.35. The van der Waals surface area contributed by atoms with Crippen LogP contribution < -0.4 is 0 Å². The molecule has 61 valence electrons. The molecule has 0 aliphatic carbocycles. The van der Waals surface area contributed by atoms with Crippen molar-refractivity contribution >= 4 is 18.1 Å². The van der Waals surface area contributed by atoms with E-state index in [0.29, 0.717) is 0 Å². The zero-order chi connectivity index (χ0) is 7.70. The number of rotatable bonds is 3. The molecule has 0 aromatic carbocycles. The Hall–Kier alpha value is 1.21. The van der Waals surface area contributed by atoms with Crippen LogP contribution in [0, 0.1) is 0 Å². The van der Waals surface area contributed by atoms with Gasteiger partial charge in [0.25, 0.3) is 0 Å². The number of hydrogen-bond donors (Lipinski definition) is 0. The molecule has 9 heavy (non-hydrogen) atoms. The van der Waals surface area contributed by atoms with Gasteiger partial charge in [-0.05, 0) is 28.7 Å². The maximum absolute atomic E-state index is 4.26. The van der Waals surface area contributed by atoms with E-state index in [0.717, 1.165) is 0 Å². The Morgan fingerprint density at radius 2 is 1.22 bits per heavy atom. The van der Waals surface area contributed by atoms with Crippen molar-refractivity contribution in [1.82, 2.24) is 0 Å². The number of hydrogen-bond acceptors (Lipinski definition) is 0. The van der Waals surface area contributed by atoms with Gasteiger partial charge in [0, 0.05) is 0 Å². The topological polar surface area (TPSA) is 0 Å². The summed E-state index contributed by atoms with van der Waals surface area (Å²) < 4.78 is 0. The molecule has 3 heteroatoms. The Morgan fingerprint density at radius 3 is 1.22 bits per heavy atom. The van der Waals surface area contributed by atoms with Crippen molar-refractivity contribution in [3.05, 3.63) is 0 Å². The second-order valence-corrected chi connectivity index (χ2v) is 5.43. The van der Waals surface area contributed by atoms with Crippen molar-refractivity contribution in [3.63, 3.8) is 0 Å². The summed E-state index contributed by atoms with van der Waals surface area (Å²) in [6, 6.07) is 0. The summed E-state index contributed by atoms with van der Waals surface area (Å²) in [5.74, 6) is 0. The van der Waals surface area contributed by atoms with Crippen LogP contribution in [0.25, 0.3) is 0 Å². The standard InChI is InChI=1S/C6H15P.ClH.Ni/c1-4-7(5-2)6-3;;/h4-6H2,1-3H3;1H;/q;;+1. The Morgan fingerprint density at radius 1 is 1.00 bits per heavy atom. The fourth-order valence-corrected chi connectivity index (χ4v) is 2.25. The number of halogens is 1. The van der Waals surface area contributed by atoms with Gasteiger partial charge in [-0.3, -0.25) is 0 Å². The van der Waals surface area contributed by atoms with E-state index in [-0.39, 0.29) is 7.92 Å². The second-order valence-electron chi connectivity index (χ2n) is 1.81. The summed E-state index contributed by atoms with van der Waals surface area (Å²) in [5.41, 5.74) is 0. The van der Waals surface area contributed by atoms with Gasteiger partial charge in [-0.25, -0.2) is 0 Å². The molecule has 0 fully saturated rings. The molecule has 0 radical (unpaired) electrons. The van der Waals surface area contributed by atoms with E-state index in [1.54, 1.807) is 0 Å². The summed E-state index contributed by atoms with van der Waals surface area (Å²) in [6.07, 6.45) is 4.37. The average Bonchev–Trinajstić information content (AvgIpc) is 1.96. The average molecular weight is 213 g/mol. The minimum absolute atomic E-state index is 0.137. The van der Waals surface area contributed by atoms with E-state index >= 15 is 0 Å². The predicted molar refractivity (Wildman–Crippen MR) is 45.8 cm³/mol. The molecule has 0 bridgehead atoms. The molecule has 0 aliphatic rings. The van der Waals surface area contributed by atoms with E-state index in [1.807, 2.05) is 0 Å². The maximum atomic E-state index is 4.26. The molecule has 0 saturated carbocycles. The molecular weight excluding hydrogens is 197 g/mol. The molecular formula is C6H16ClNiP+. The molecule has 0 aliphatic heterocycles. The molecule has 0 rings (SSSR count). The Kier molecular flexibility index (Phi) is 17.1. The quantitative estimate of drug-likeness (QED) is 0.499. The van der Waals surface area contributed by atoms with Gasteiger partial charge < -0.3 is 0 Å². The third-order valence-electron chi connectivity index (χ3n) is 1.50. The first-order chi connectivity index (χ1) is 4.35. The van der Waals surface area contributed by atoms with Crippen LogP contribution in [0.3, 0.4) is 0 Å². The van der Waals surface area contributed by atoms with Gasteiger partial charge >= 0.3 is 24.8 Å². The molecule has 0 amide bonds. The van der Waals surface area contributed by atoms with Crippen LogP contribution >= 0.6 is 18.1 Å². The minimum atomic E-state index is 0.137. The molecule has 0 heterocycles. The van der Waals surface area contributed by atoms with E-state index < -0.39 is 0 Å². The van der Waals surface area contributed by atoms with E-state index in [9.17, 15) is 0 Å². The molecule has 0 atom stereocenters. The summed E-state index contributed by atoms with van der Waals surface area (Å²) in [6.45, 7) is 6.92. The molecule has 0 spiro atoms. The van der Waals surface area contributed by atoms with Crippen molar-refractivity contribution < 1.29 is 14.6 Å². The first kappa shape index (κ1) is 12.9. The van der Waals surface area contributed by atoms with Crippen LogP contribution in [0.5, 0.6) is 0 Å². The Bertz CT molecular complexity index is 34.5. The third kappa shape index (κ3) is 9.21. The van der Waals surface area contributed by atoms with Crippen LogP contribution in [0.15, 0.2) is 0 Å². The van der Waals surface area contributed by atoms with Gasteiger partial charge in [0.05, 0.1) is 18.5 Å². The molecule has 0 aromatic heterocycles. The van der Waals surface area contributed by atoms with Gasteiger partial charge in [-0.15, -0.1) is 0 Å². The van der Waals surface area contributed by atoms with Gasteiger partial charge in [0.2, 0.25) is 0 Å². The zero-order valence-corrected chi connectivity index (χ0v) is 9.06. The summed E-state index contributed by atoms with van der Waals surface area (Å²) in [4.78, 5) is 0. The van der Waals surface area contributed by atoms with Gasteiger partial charge in [0.15, 0.2) is 0 Å². The van der Waals surface area contributed by atoms with Gasteiger partial charge in [-0.1, -0.05) is 0 Å². The summed E-state index contributed by atoms with van der Waals surface area (Å²) in [5, 5.41) is 0. The molecule has 0 nitrogen and oxygen atoms in total. The van der Waals surface area contributed by atoms with E-state index in [2.05, 4.69) is 45.5 Å². The van der Waals surface area contributed by atoms with Crippen molar-refractivity contribution in [2.45, 2.75) is 20.8 Å². The fraction of sp³-hybridized carbons (Fsp3) is 1.00. The monoisotopic (exact) mass is 212 g/mol.